The van der Waals surface area contributed by atoms with Crippen molar-refractivity contribution in [3.63, 3.8) is 0 Å². The van der Waals surface area contributed by atoms with Gasteiger partial charge >= 0.3 is 0 Å². The molecule has 0 fully saturated rings. The second-order valence-corrected chi connectivity index (χ2v) is 7.61. The smallest absolute Gasteiger partial charge is 0.279 e. The van der Waals surface area contributed by atoms with Crippen LogP contribution < -0.4 is 15.0 Å². The van der Waals surface area contributed by atoms with E-state index in [0.29, 0.717) is 18.0 Å². The maximum atomic E-state index is 15.1. The van der Waals surface area contributed by atoms with Crippen LogP contribution in [0.2, 0.25) is 0 Å². The Morgan fingerprint density at radius 2 is 1.69 bits per heavy atom. The summed E-state index contributed by atoms with van der Waals surface area (Å²) in [5, 5.41) is 2.66. The highest BCUT2D eigenvalue weighted by Gasteiger charge is 2.36. The number of amides is 2. The van der Waals surface area contributed by atoms with E-state index in [4.69, 9.17) is 4.74 Å². The highest BCUT2D eigenvalue weighted by Crippen LogP contribution is 2.33. The first kappa shape index (κ1) is 24.5. The van der Waals surface area contributed by atoms with E-state index in [9.17, 15) is 14.0 Å². The van der Waals surface area contributed by atoms with Crippen LogP contribution >= 0.6 is 0 Å². The molecule has 0 unspecified atom stereocenters. The molecule has 1 N–H and O–H groups in total. The van der Waals surface area contributed by atoms with Crippen LogP contribution in [0.1, 0.15) is 29.0 Å². The third-order valence-corrected chi connectivity index (χ3v) is 5.25. The number of aromatic nitrogens is 2. The van der Waals surface area contributed by atoms with Crippen LogP contribution in [0.4, 0.5) is 20.2 Å². The van der Waals surface area contributed by atoms with Crippen LogP contribution in [0.15, 0.2) is 91.4 Å². The van der Waals surface area contributed by atoms with Crippen LogP contribution in [-0.2, 0) is 4.79 Å². The van der Waals surface area contributed by atoms with Crippen molar-refractivity contribution in [1.29, 1.82) is 0 Å². The molecule has 0 saturated carbocycles. The first-order valence-electron chi connectivity index (χ1n) is 11.1. The summed E-state index contributed by atoms with van der Waals surface area (Å²) in [4.78, 5) is 36.5. The van der Waals surface area contributed by atoms with Crippen molar-refractivity contribution in [3.8, 4) is 5.75 Å². The summed E-state index contributed by atoms with van der Waals surface area (Å²) in [5.74, 6) is -1.98. The van der Waals surface area contributed by atoms with Gasteiger partial charge in [-0.15, -0.1) is 0 Å². The summed E-state index contributed by atoms with van der Waals surface area (Å²) in [6, 6.07) is 15.8. The van der Waals surface area contributed by atoms with E-state index < -0.39 is 29.5 Å². The van der Waals surface area contributed by atoms with Gasteiger partial charge in [0.1, 0.15) is 29.1 Å². The molecule has 1 atom stereocenters. The Morgan fingerprint density at radius 1 is 0.972 bits per heavy atom. The first-order chi connectivity index (χ1) is 17.5. The molecule has 1 aromatic heterocycles. The lowest BCUT2D eigenvalue weighted by molar-refractivity contribution is -0.117. The predicted octanol–water partition coefficient (Wildman–Crippen LogP) is 5.18. The number of anilines is 2. The molecule has 0 aliphatic carbocycles. The third-order valence-electron chi connectivity index (χ3n) is 5.25. The van der Waals surface area contributed by atoms with Crippen molar-refractivity contribution in [2.24, 2.45) is 0 Å². The average molecular weight is 488 g/mol. The van der Waals surface area contributed by atoms with Gasteiger partial charge in [-0.3, -0.25) is 19.5 Å². The van der Waals surface area contributed by atoms with E-state index in [1.807, 2.05) is 6.92 Å². The molecule has 9 heteroatoms. The van der Waals surface area contributed by atoms with Gasteiger partial charge in [-0.2, -0.15) is 0 Å². The molecule has 3 aromatic carbocycles. The summed E-state index contributed by atoms with van der Waals surface area (Å²) in [7, 11) is 0. The molecule has 36 heavy (non-hydrogen) atoms. The van der Waals surface area contributed by atoms with E-state index in [0.717, 1.165) is 4.90 Å². The monoisotopic (exact) mass is 488 g/mol. The minimum atomic E-state index is -1.44. The van der Waals surface area contributed by atoms with Gasteiger partial charge in [-0.25, -0.2) is 13.8 Å². The maximum Gasteiger partial charge on any atom is 0.279 e. The standard InChI is InChI=1S/C27H22F2N4O3/c1-2-36-21-13-11-20(12-14-21)33(27(35)24-17-30-15-16-31-24)25(22-5-3-4-6-23(22)29)26(34)32-19-9-7-18(28)8-10-19/h3-17,25H,2H2,1H3,(H,32,34)/t25-/m0/s1. The van der Waals surface area contributed by atoms with Gasteiger partial charge in [-0.05, 0) is 61.5 Å². The number of ether oxygens (including phenoxy) is 1. The number of halogens is 2. The van der Waals surface area contributed by atoms with Crippen molar-refractivity contribution in [1.82, 2.24) is 9.97 Å². The Morgan fingerprint density at radius 3 is 2.33 bits per heavy atom. The molecule has 1 heterocycles. The molecule has 2 amide bonds. The van der Waals surface area contributed by atoms with Gasteiger partial charge < -0.3 is 10.1 Å². The fourth-order valence-electron chi connectivity index (χ4n) is 3.62. The largest absolute Gasteiger partial charge is 0.494 e. The van der Waals surface area contributed by atoms with Gasteiger partial charge in [0.2, 0.25) is 0 Å². The first-order valence-corrected chi connectivity index (χ1v) is 11.1. The van der Waals surface area contributed by atoms with Gasteiger partial charge in [0, 0.05) is 29.3 Å². The lowest BCUT2D eigenvalue weighted by Crippen LogP contribution is -2.42. The number of nitrogens with one attached hydrogen (secondary N) is 1. The van der Waals surface area contributed by atoms with Gasteiger partial charge in [0.25, 0.3) is 11.8 Å². The molecule has 0 radical (unpaired) electrons. The van der Waals surface area contributed by atoms with E-state index in [-0.39, 0.29) is 16.9 Å². The van der Waals surface area contributed by atoms with E-state index in [1.165, 1.54) is 61.1 Å². The zero-order chi connectivity index (χ0) is 25.5. The van der Waals surface area contributed by atoms with Crippen LogP contribution in [0.3, 0.4) is 0 Å². The number of nitrogens with zero attached hydrogens (tertiary/aromatic N) is 3. The Balaban J connectivity index is 1.84. The summed E-state index contributed by atoms with van der Waals surface area (Å²) in [5.41, 5.74) is 0.503. The van der Waals surface area contributed by atoms with E-state index >= 15 is 4.39 Å². The van der Waals surface area contributed by atoms with Crippen LogP contribution in [-0.4, -0.2) is 28.4 Å². The lowest BCUT2D eigenvalue weighted by Gasteiger charge is -2.31. The van der Waals surface area contributed by atoms with Gasteiger partial charge in [0.05, 0.1) is 12.8 Å². The molecule has 0 aliphatic rings. The lowest BCUT2D eigenvalue weighted by atomic mass is 10.0. The Hall–Kier alpha value is -4.66. The number of hydrogen-bond acceptors (Lipinski definition) is 5. The summed E-state index contributed by atoms with van der Waals surface area (Å²) >= 11 is 0. The van der Waals surface area contributed by atoms with Crippen molar-refractivity contribution in [3.05, 3.63) is 114 Å². The molecule has 4 rings (SSSR count). The molecular formula is C27H22F2N4O3. The molecule has 7 nitrogen and oxygen atoms in total. The molecular weight excluding hydrogens is 466 g/mol. The second kappa shape index (κ2) is 11.2. The van der Waals surface area contributed by atoms with Crippen molar-refractivity contribution in [2.45, 2.75) is 13.0 Å². The number of carbonyl (C=O) groups excluding carboxylic acids is 2. The second-order valence-electron chi connectivity index (χ2n) is 7.61. The molecule has 182 valence electrons. The Labute approximate surface area is 206 Å². The third kappa shape index (κ3) is 5.52. The summed E-state index contributed by atoms with van der Waals surface area (Å²) in [6.45, 7) is 2.28. The fourth-order valence-corrected chi connectivity index (χ4v) is 3.62. The average Bonchev–Trinajstić information content (AvgIpc) is 2.90. The predicted molar refractivity (Wildman–Crippen MR) is 131 cm³/mol. The van der Waals surface area contributed by atoms with E-state index in [1.54, 1.807) is 30.3 Å². The van der Waals surface area contributed by atoms with Crippen molar-refractivity contribution < 1.29 is 23.1 Å². The van der Waals surface area contributed by atoms with Crippen LogP contribution in [0, 0.1) is 11.6 Å². The number of hydrogen-bond donors (Lipinski definition) is 1. The Kier molecular flexibility index (Phi) is 7.60. The Bertz CT molecular complexity index is 1330. The highest BCUT2D eigenvalue weighted by atomic mass is 19.1. The highest BCUT2D eigenvalue weighted by molar-refractivity contribution is 6.11. The zero-order valence-electron chi connectivity index (χ0n) is 19.3. The number of rotatable bonds is 8. The maximum absolute atomic E-state index is 15.1. The molecule has 0 spiro atoms. The molecule has 0 saturated heterocycles. The van der Waals surface area contributed by atoms with Gasteiger partial charge in [0.15, 0.2) is 0 Å². The minimum absolute atomic E-state index is 0.0387. The molecule has 0 bridgehead atoms. The number of carbonyl (C=O) groups is 2. The molecule has 0 aliphatic heterocycles. The molecule has 4 aromatic rings. The van der Waals surface area contributed by atoms with Crippen molar-refractivity contribution in [2.75, 3.05) is 16.8 Å². The van der Waals surface area contributed by atoms with Crippen molar-refractivity contribution >= 4 is 23.2 Å². The van der Waals surface area contributed by atoms with E-state index in [2.05, 4.69) is 15.3 Å². The quantitative estimate of drug-likeness (QED) is 0.370. The van der Waals surface area contributed by atoms with Crippen LogP contribution in [0.5, 0.6) is 5.75 Å². The SMILES string of the molecule is CCOc1ccc(N(C(=O)c2cnccn2)[C@H](C(=O)Nc2ccc(F)cc2)c2ccccc2F)cc1. The minimum Gasteiger partial charge on any atom is -0.494 e. The van der Waals surface area contributed by atoms with Gasteiger partial charge in [-0.1, -0.05) is 18.2 Å². The topological polar surface area (TPSA) is 84.4 Å². The zero-order valence-corrected chi connectivity index (χ0v) is 19.3. The normalized spacial score (nSPS) is 11.4. The number of benzene rings is 3. The summed E-state index contributed by atoms with van der Waals surface area (Å²) in [6.07, 6.45) is 4.02. The summed E-state index contributed by atoms with van der Waals surface area (Å²) < 4.78 is 34.0. The fraction of sp³-hybridized carbons (Fsp3) is 0.111. The van der Waals surface area contributed by atoms with Crippen LogP contribution in [0.25, 0.3) is 0 Å².